The topological polar surface area (TPSA) is 69.6 Å². The quantitative estimate of drug-likeness (QED) is 0.687. The minimum absolute atomic E-state index is 0.0362. The molecule has 0 radical (unpaired) electrons. The molecule has 0 bridgehead atoms. The molecule has 2 atom stereocenters. The van der Waals surface area contributed by atoms with Crippen LogP contribution in [0.15, 0.2) is 18.2 Å². The molecule has 1 aliphatic carbocycles. The number of aliphatic hydroxyl groups excluding tert-OH is 1. The maximum absolute atomic E-state index is 12.9. The lowest BCUT2D eigenvalue weighted by molar-refractivity contribution is -0.122. The summed E-state index contributed by atoms with van der Waals surface area (Å²) in [6, 6.07) is 3.33. The molecule has 1 aromatic carbocycles. The molecule has 0 aliphatic heterocycles. The van der Waals surface area contributed by atoms with Crippen molar-refractivity contribution >= 4 is 11.6 Å². The molecule has 1 aromatic rings. The molecule has 0 aromatic heterocycles. The minimum Gasteiger partial charge on any atom is -0.506 e. The van der Waals surface area contributed by atoms with Crippen molar-refractivity contribution in [1.82, 2.24) is 0 Å². The summed E-state index contributed by atoms with van der Waals surface area (Å²) >= 11 is 0. The molecule has 1 amide bonds. The number of hydrogen-bond acceptors (Lipinski definition) is 3. The molecule has 1 aliphatic rings. The smallest absolute Gasteiger partial charge is 0.230 e. The number of aromatic hydroxyl groups is 1. The fourth-order valence-corrected chi connectivity index (χ4v) is 2.08. The van der Waals surface area contributed by atoms with Gasteiger partial charge in [-0.25, -0.2) is 4.39 Å². The van der Waals surface area contributed by atoms with E-state index in [1.807, 2.05) is 0 Å². The zero-order valence-corrected chi connectivity index (χ0v) is 9.19. The number of rotatable bonds is 2. The van der Waals surface area contributed by atoms with Gasteiger partial charge in [0.2, 0.25) is 5.91 Å². The van der Waals surface area contributed by atoms with E-state index in [2.05, 4.69) is 5.32 Å². The number of phenols is 1. The van der Waals surface area contributed by atoms with Gasteiger partial charge in [-0.05, 0) is 31.4 Å². The summed E-state index contributed by atoms with van der Waals surface area (Å²) < 4.78 is 12.9. The van der Waals surface area contributed by atoms with E-state index in [-0.39, 0.29) is 17.3 Å². The number of benzene rings is 1. The van der Waals surface area contributed by atoms with Crippen LogP contribution in [-0.4, -0.2) is 22.2 Å². The number of halogens is 1. The van der Waals surface area contributed by atoms with Crippen LogP contribution in [0.1, 0.15) is 19.3 Å². The number of carbonyl (C=O) groups excluding carboxylic acids is 1. The van der Waals surface area contributed by atoms with Crippen LogP contribution in [-0.2, 0) is 4.79 Å². The summed E-state index contributed by atoms with van der Waals surface area (Å²) in [5.41, 5.74) is 0.0362. The van der Waals surface area contributed by atoms with Crippen molar-refractivity contribution in [2.75, 3.05) is 5.32 Å². The first-order chi connectivity index (χ1) is 8.08. The molecular formula is C12H14FNO3. The highest BCUT2D eigenvalue weighted by Gasteiger charge is 2.31. The fourth-order valence-electron chi connectivity index (χ4n) is 2.08. The van der Waals surface area contributed by atoms with Gasteiger partial charge in [0.05, 0.1) is 17.7 Å². The molecule has 2 unspecified atom stereocenters. The summed E-state index contributed by atoms with van der Waals surface area (Å²) in [4.78, 5) is 11.8. The first kappa shape index (κ1) is 11.9. The van der Waals surface area contributed by atoms with Crippen molar-refractivity contribution in [2.45, 2.75) is 25.4 Å². The standard InChI is InChI=1S/C12H14FNO3/c13-7-4-5-11(16)9(6-7)14-12(17)8-2-1-3-10(8)15/h4-6,8,10,15-16H,1-3H2,(H,14,17). The third kappa shape index (κ3) is 2.55. The summed E-state index contributed by atoms with van der Waals surface area (Å²) in [5, 5.41) is 21.4. The normalized spacial score (nSPS) is 23.6. The summed E-state index contributed by atoms with van der Waals surface area (Å²) in [6.45, 7) is 0. The van der Waals surface area contributed by atoms with E-state index in [1.165, 1.54) is 6.07 Å². The lowest BCUT2D eigenvalue weighted by atomic mass is 10.1. The second-order valence-electron chi connectivity index (χ2n) is 4.26. The predicted molar refractivity (Wildman–Crippen MR) is 60.0 cm³/mol. The largest absolute Gasteiger partial charge is 0.506 e. The molecule has 4 nitrogen and oxygen atoms in total. The van der Waals surface area contributed by atoms with Gasteiger partial charge in [-0.1, -0.05) is 0 Å². The third-order valence-corrected chi connectivity index (χ3v) is 3.03. The molecule has 92 valence electrons. The monoisotopic (exact) mass is 239 g/mol. The average Bonchev–Trinajstić information content (AvgIpc) is 2.70. The second-order valence-corrected chi connectivity index (χ2v) is 4.26. The highest BCUT2D eigenvalue weighted by Crippen LogP contribution is 2.29. The van der Waals surface area contributed by atoms with Crippen LogP contribution >= 0.6 is 0 Å². The summed E-state index contributed by atoms with van der Waals surface area (Å²) in [5.74, 6) is -1.58. The molecule has 2 rings (SSSR count). The van der Waals surface area contributed by atoms with E-state index in [4.69, 9.17) is 0 Å². The van der Waals surface area contributed by atoms with Crippen LogP contribution in [0.3, 0.4) is 0 Å². The Labute approximate surface area is 98.1 Å². The lowest BCUT2D eigenvalue weighted by Crippen LogP contribution is -2.28. The molecule has 1 saturated carbocycles. The van der Waals surface area contributed by atoms with Gasteiger partial charge in [0.15, 0.2) is 0 Å². The van der Waals surface area contributed by atoms with Gasteiger partial charge in [0.25, 0.3) is 0 Å². The number of aliphatic hydroxyl groups is 1. The van der Waals surface area contributed by atoms with Gasteiger partial charge < -0.3 is 15.5 Å². The van der Waals surface area contributed by atoms with E-state index in [0.717, 1.165) is 18.6 Å². The van der Waals surface area contributed by atoms with Crippen molar-refractivity contribution < 1.29 is 19.4 Å². The SMILES string of the molecule is O=C(Nc1cc(F)ccc1O)C1CCCC1O. The van der Waals surface area contributed by atoms with Crippen molar-refractivity contribution in [1.29, 1.82) is 0 Å². The number of nitrogens with one attached hydrogen (secondary N) is 1. The van der Waals surface area contributed by atoms with E-state index in [0.29, 0.717) is 12.8 Å². The van der Waals surface area contributed by atoms with E-state index >= 15 is 0 Å². The Morgan fingerprint density at radius 1 is 1.41 bits per heavy atom. The van der Waals surface area contributed by atoms with E-state index < -0.39 is 17.8 Å². The zero-order valence-electron chi connectivity index (χ0n) is 9.19. The van der Waals surface area contributed by atoms with Crippen LogP contribution in [0, 0.1) is 11.7 Å². The molecule has 0 saturated heterocycles. The highest BCUT2D eigenvalue weighted by molar-refractivity contribution is 5.94. The number of carbonyl (C=O) groups is 1. The van der Waals surface area contributed by atoms with Gasteiger partial charge in [-0.2, -0.15) is 0 Å². The number of phenolic OH excluding ortho intramolecular Hbond substituents is 1. The van der Waals surface area contributed by atoms with E-state index in [1.54, 1.807) is 0 Å². The zero-order chi connectivity index (χ0) is 12.4. The van der Waals surface area contributed by atoms with Crippen LogP contribution < -0.4 is 5.32 Å². The Morgan fingerprint density at radius 3 is 2.82 bits per heavy atom. The Kier molecular flexibility index (Phi) is 3.28. The van der Waals surface area contributed by atoms with Crippen molar-refractivity contribution in [3.05, 3.63) is 24.0 Å². The molecule has 0 spiro atoms. The summed E-state index contributed by atoms with van der Waals surface area (Å²) in [6.07, 6.45) is 1.37. The van der Waals surface area contributed by atoms with Crippen molar-refractivity contribution in [3.63, 3.8) is 0 Å². The van der Waals surface area contributed by atoms with Crippen LogP contribution in [0.5, 0.6) is 5.75 Å². The lowest BCUT2D eigenvalue weighted by Gasteiger charge is -2.15. The molecule has 5 heteroatoms. The van der Waals surface area contributed by atoms with Gasteiger partial charge in [-0.3, -0.25) is 4.79 Å². The second kappa shape index (κ2) is 4.71. The maximum atomic E-state index is 12.9. The van der Waals surface area contributed by atoms with Crippen LogP contribution in [0.25, 0.3) is 0 Å². The fraction of sp³-hybridized carbons (Fsp3) is 0.417. The van der Waals surface area contributed by atoms with Gasteiger partial charge in [0, 0.05) is 6.07 Å². The molecule has 0 heterocycles. The van der Waals surface area contributed by atoms with E-state index in [9.17, 15) is 19.4 Å². The van der Waals surface area contributed by atoms with Crippen LogP contribution in [0.4, 0.5) is 10.1 Å². The average molecular weight is 239 g/mol. The van der Waals surface area contributed by atoms with Crippen molar-refractivity contribution in [2.24, 2.45) is 5.92 Å². The first-order valence-corrected chi connectivity index (χ1v) is 5.55. The van der Waals surface area contributed by atoms with Crippen LogP contribution in [0.2, 0.25) is 0 Å². The third-order valence-electron chi connectivity index (χ3n) is 3.03. The molecule has 3 N–H and O–H groups in total. The van der Waals surface area contributed by atoms with Gasteiger partial charge in [-0.15, -0.1) is 0 Å². The van der Waals surface area contributed by atoms with Gasteiger partial charge >= 0.3 is 0 Å². The predicted octanol–water partition coefficient (Wildman–Crippen LogP) is 1.63. The highest BCUT2D eigenvalue weighted by atomic mass is 19.1. The van der Waals surface area contributed by atoms with Gasteiger partial charge in [0.1, 0.15) is 11.6 Å². The maximum Gasteiger partial charge on any atom is 0.230 e. The Hall–Kier alpha value is -1.62. The first-order valence-electron chi connectivity index (χ1n) is 5.55. The number of amides is 1. The Balaban J connectivity index is 2.10. The Morgan fingerprint density at radius 2 is 2.18 bits per heavy atom. The molecular weight excluding hydrogens is 225 g/mol. The summed E-state index contributed by atoms with van der Waals surface area (Å²) in [7, 11) is 0. The minimum atomic E-state index is -0.647. The number of anilines is 1. The Bertz CT molecular complexity index is 436. The number of hydrogen-bond donors (Lipinski definition) is 3. The molecule has 17 heavy (non-hydrogen) atoms. The molecule has 1 fully saturated rings. The van der Waals surface area contributed by atoms with Crippen molar-refractivity contribution in [3.8, 4) is 5.75 Å².